The third-order valence-electron chi connectivity index (χ3n) is 2.91. The van der Waals surface area contributed by atoms with Crippen LogP contribution < -0.4 is 10.1 Å². The molecule has 106 valence electrons. The molecule has 0 aliphatic heterocycles. The summed E-state index contributed by atoms with van der Waals surface area (Å²) in [6, 6.07) is 7.66. The average molecular weight is 275 g/mol. The fraction of sp³-hybridized carbons (Fsp3) is 0.357. The molecule has 1 amide bonds. The fourth-order valence-electron chi connectivity index (χ4n) is 1.62. The highest BCUT2D eigenvalue weighted by Crippen LogP contribution is 2.15. The highest BCUT2D eigenvalue weighted by Gasteiger charge is 2.17. The van der Waals surface area contributed by atoms with Gasteiger partial charge in [0.25, 0.3) is 5.91 Å². The summed E-state index contributed by atoms with van der Waals surface area (Å²) < 4.78 is 10.1. The van der Waals surface area contributed by atoms with Crippen LogP contribution in [0, 0.1) is 6.92 Å². The van der Waals surface area contributed by atoms with Crippen molar-refractivity contribution in [2.75, 3.05) is 5.32 Å². The van der Waals surface area contributed by atoms with E-state index in [1.54, 1.807) is 13.8 Å². The van der Waals surface area contributed by atoms with Gasteiger partial charge in [0.15, 0.2) is 11.9 Å². The lowest BCUT2D eigenvalue weighted by atomic mass is 10.2. The monoisotopic (exact) mass is 275 g/mol. The van der Waals surface area contributed by atoms with Crippen LogP contribution in [0.15, 0.2) is 28.9 Å². The zero-order valence-electron chi connectivity index (χ0n) is 11.7. The van der Waals surface area contributed by atoms with Crippen LogP contribution in [0.3, 0.4) is 0 Å². The van der Waals surface area contributed by atoms with Crippen molar-refractivity contribution in [3.8, 4) is 5.75 Å². The smallest absolute Gasteiger partial charge is 0.266 e. The molecule has 1 N–H and O–H groups in total. The molecule has 0 aliphatic rings. The minimum Gasteiger partial charge on any atom is -0.481 e. The summed E-state index contributed by atoms with van der Waals surface area (Å²) in [5.41, 5.74) is 1.75. The molecule has 6 heteroatoms. The van der Waals surface area contributed by atoms with E-state index >= 15 is 0 Å². The number of ether oxygens (including phenoxy) is 1. The Bertz CT molecular complexity index is 578. The first-order valence-corrected chi connectivity index (χ1v) is 6.45. The van der Waals surface area contributed by atoms with Gasteiger partial charge in [-0.2, -0.15) is 0 Å². The Kier molecular flexibility index (Phi) is 4.34. The maximum Gasteiger partial charge on any atom is 0.266 e. The normalized spacial score (nSPS) is 11.9. The van der Waals surface area contributed by atoms with Crippen molar-refractivity contribution in [1.29, 1.82) is 0 Å². The number of aryl methyl sites for hydroxylation is 2. The van der Waals surface area contributed by atoms with Crippen LogP contribution in [0.5, 0.6) is 5.75 Å². The van der Waals surface area contributed by atoms with Crippen LogP contribution in [0.25, 0.3) is 0 Å². The van der Waals surface area contributed by atoms with Crippen LogP contribution in [0.4, 0.5) is 5.82 Å². The van der Waals surface area contributed by atoms with Crippen molar-refractivity contribution in [3.05, 3.63) is 35.5 Å². The molecule has 0 radical (unpaired) electrons. The van der Waals surface area contributed by atoms with Crippen molar-refractivity contribution in [3.63, 3.8) is 0 Å². The zero-order chi connectivity index (χ0) is 14.5. The minimum absolute atomic E-state index is 0.302. The lowest BCUT2D eigenvalue weighted by molar-refractivity contribution is -0.122. The van der Waals surface area contributed by atoms with E-state index in [1.807, 2.05) is 24.3 Å². The standard InChI is InChI=1S/C14H17N3O3/c1-4-11-5-7-12(8-6-11)19-10(3)14(18)15-13-9(2)16-20-17-13/h5-8,10H,4H2,1-3H3,(H,15,17,18). The van der Waals surface area contributed by atoms with E-state index in [9.17, 15) is 4.79 Å². The van der Waals surface area contributed by atoms with E-state index < -0.39 is 6.10 Å². The fourth-order valence-corrected chi connectivity index (χ4v) is 1.62. The van der Waals surface area contributed by atoms with Gasteiger partial charge in [0.2, 0.25) is 0 Å². The molecule has 1 heterocycles. The second kappa shape index (κ2) is 6.18. The van der Waals surface area contributed by atoms with Gasteiger partial charge in [-0.3, -0.25) is 4.79 Å². The minimum atomic E-state index is -0.640. The molecule has 1 unspecified atom stereocenters. The predicted molar refractivity (Wildman–Crippen MR) is 73.6 cm³/mol. The molecule has 0 spiro atoms. The molecular weight excluding hydrogens is 258 g/mol. The lowest BCUT2D eigenvalue weighted by Crippen LogP contribution is -2.30. The number of amides is 1. The Balaban J connectivity index is 1.95. The van der Waals surface area contributed by atoms with Crippen LogP contribution in [0.1, 0.15) is 25.1 Å². The van der Waals surface area contributed by atoms with E-state index in [4.69, 9.17) is 4.74 Å². The number of carbonyl (C=O) groups excluding carboxylic acids is 1. The molecule has 0 aliphatic carbocycles. The number of nitrogens with one attached hydrogen (secondary N) is 1. The molecule has 2 aromatic rings. The molecular formula is C14H17N3O3. The van der Waals surface area contributed by atoms with Gasteiger partial charge in [-0.1, -0.05) is 24.2 Å². The van der Waals surface area contributed by atoms with Gasteiger partial charge in [0, 0.05) is 0 Å². The number of rotatable bonds is 5. The van der Waals surface area contributed by atoms with Crippen LogP contribution >= 0.6 is 0 Å². The Morgan fingerprint density at radius 1 is 1.35 bits per heavy atom. The third-order valence-corrected chi connectivity index (χ3v) is 2.91. The number of hydrogen-bond acceptors (Lipinski definition) is 5. The summed E-state index contributed by atoms with van der Waals surface area (Å²) in [7, 11) is 0. The van der Waals surface area contributed by atoms with Gasteiger partial charge >= 0.3 is 0 Å². The van der Waals surface area contributed by atoms with Crippen LogP contribution in [-0.4, -0.2) is 22.3 Å². The number of hydrogen-bond donors (Lipinski definition) is 1. The quantitative estimate of drug-likeness (QED) is 0.906. The average Bonchev–Trinajstić information content (AvgIpc) is 2.85. The van der Waals surface area contributed by atoms with E-state index in [2.05, 4.69) is 27.2 Å². The zero-order valence-corrected chi connectivity index (χ0v) is 11.7. The van der Waals surface area contributed by atoms with Crippen molar-refractivity contribution < 1.29 is 14.2 Å². The van der Waals surface area contributed by atoms with E-state index in [0.29, 0.717) is 17.3 Å². The van der Waals surface area contributed by atoms with Gasteiger partial charge < -0.3 is 10.1 Å². The van der Waals surface area contributed by atoms with Gasteiger partial charge in [-0.05, 0) is 43.1 Å². The Morgan fingerprint density at radius 3 is 2.60 bits per heavy atom. The highest BCUT2D eigenvalue weighted by atomic mass is 16.6. The Hall–Kier alpha value is -2.37. The molecule has 6 nitrogen and oxygen atoms in total. The second-order valence-electron chi connectivity index (χ2n) is 4.45. The first-order valence-electron chi connectivity index (χ1n) is 6.45. The van der Waals surface area contributed by atoms with Gasteiger partial charge in [0.1, 0.15) is 11.4 Å². The number of benzene rings is 1. The molecule has 1 aromatic carbocycles. The maximum atomic E-state index is 11.9. The van der Waals surface area contributed by atoms with Crippen LogP contribution in [-0.2, 0) is 11.2 Å². The summed E-state index contributed by atoms with van der Waals surface area (Å²) in [6.07, 6.45) is 0.327. The Morgan fingerprint density at radius 2 is 2.05 bits per heavy atom. The summed E-state index contributed by atoms with van der Waals surface area (Å²) in [5.74, 6) is 0.662. The van der Waals surface area contributed by atoms with Crippen molar-refractivity contribution in [2.24, 2.45) is 0 Å². The Labute approximate surface area is 117 Å². The molecule has 0 saturated heterocycles. The van der Waals surface area contributed by atoms with Gasteiger partial charge in [0.05, 0.1) is 0 Å². The number of carbonyl (C=O) groups is 1. The lowest BCUT2D eigenvalue weighted by Gasteiger charge is -2.14. The summed E-state index contributed by atoms with van der Waals surface area (Å²) >= 11 is 0. The highest BCUT2D eigenvalue weighted by molar-refractivity contribution is 5.93. The predicted octanol–water partition coefficient (Wildman–Crippen LogP) is 2.35. The number of anilines is 1. The molecule has 20 heavy (non-hydrogen) atoms. The summed E-state index contributed by atoms with van der Waals surface area (Å²) in [5, 5.41) is 9.79. The number of nitrogens with zero attached hydrogens (tertiary/aromatic N) is 2. The van der Waals surface area contributed by atoms with Crippen molar-refractivity contribution in [2.45, 2.75) is 33.3 Å². The molecule has 0 fully saturated rings. The largest absolute Gasteiger partial charge is 0.481 e. The molecule has 1 aromatic heterocycles. The van der Waals surface area contributed by atoms with E-state index in [-0.39, 0.29) is 5.91 Å². The molecule has 1 atom stereocenters. The first kappa shape index (κ1) is 14.0. The van der Waals surface area contributed by atoms with Crippen molar-refractivity contribution >= 4 is 11.7 Å². The third kappa shape index (κ3) is 3.34. The van der Waals surface area contributed by atoms with Crippen LogP contribution in [0.2, 0.25) is 0 Å². The maximum absolute atomic E-state index is 11.9. The van der Waals surface area contributed by atoms with Gasteiger partial charge in [-0.15, -0.1) is 0 Å². The SMILES string of the molecule is CCc1ccc(OC(C)C(=O)Nc2nonc2C)cc1. The van der Waals surface area contributed by atoms with E-state index in [1.165, 1.54) is 5.56 Å². The van der Waals surface area contributed by atoms with Crippen molar-refractivity contribution in [1.82, 2.24) is 10.3 Å². The van der Waals surface area contributed by atoms with E-state index in [0.717, 1.165) is 6.42 Å². The summed E-state index contributed by atoms with van der Waals surface area (Å²) in [4.78, 5) is 11.9. The molecule has 0 saturated carbocycles. The number of aromatic nitrogens is 2. The first-order chi connectivity index (χ1) is 9.60. The molecule has 0 bridgehead atoms. The second-order valence-corrected chi connectivity index (χ2v) is 4.45. The van der Waals surface area contributed by atoms with Gasteiger partial charge in [-0.25, -0.2) is 4.63 Å². The molecule has 2 rings (SSSR count). The summed E-state index contributed by atoms with van der Waals surface area (Å²) in [6.45, 7) is 5.45. The topological polar surface area (TPSA) is 77.2 Å².